The van der Waals surface area contributed by atoms with Crippen LogP contribution in [0.5, 0.6) is 11.5 Å². The van der Waals surface area contributed by atoms with Gasteiger partial charge in [0.1, 0.15) is 34.9 Å². The van der Waals surface area contributed by atoms with E-state index in [0.717, 1.165) is 6.07 Å². The molecule has 7 nitrogen and oxygen atoms in total. The third kappa shape index (κ3) is 4.15. The highest BCUT2D eigenvalue weighted by atomic mass is 19.1. The monoisotopic (exact) mass is 349 g/mol. The van der Waals surface area contributed by atoms with Crippen LogP contribution < -0.4 is 10.1 Å². The fourth-order valence-electron chi connectivity index (χ4n) is 2.14. The second-order valence-corrected chi connectivity index (χ2v) is 5.27. The molecule has 0 fully saturated rings. The summed E-state index contributed by atoms with van der Waals surface area (Å²) < 4.78 is 18.8. The first kappa shape index (κ1) is 17.0. The number of halogens is 1. The van der Waals surface area contributed by atoms with Crippen LogP contribution in [0.25, 0.3) is 0 Å². The molecule has 0 aliphatic heterocycles. The molecule has 0 spiro atoms. The second kappa shape index (κ2) is 7.36. The number of anilines is 1. The molecule has 3 aromatic heterocycles. The van der Waals surface area contributed by atoms with Gasteiger partial charge in [0.15, 0.2) is 0 Å². The van der Waals surface area contributed by atoms with E-state index in [1.54, 1.807) is 13.0 Å². The number of nitrogens with zero attached hydrogens (tertiary/aromatic N) is 4. The molecule has 3 aromatic rings. The molecular formula is C18H12FN5O2. The number of ether oxygens (including phenoxy) is 1. The standard InChI is InChI=1S/C18H12FN5O2/c1-11-4-14(26-15-5-12(8-20)9-21-10-15)7-16(23-11)18(25)24-17-6-13(19)2-3-22-17/h2-7,9-10H,1H3,(H,22,24,25). The smallest absolute Gasteiger partial charge is 0.275 e. The van der Waals surface area contributed by atoms with Crippen LogP contribution in [-0.2, 0) is 0 Å². The van der Waals surface area contributed by atoms with Crippen molar-refractivity contribution in [2.24, 2.45) is 0 Å². The van der Waals surface area contributed by atoms with E-state index in [0.29, 0.717) is 22.8 Å². The lowest BCUT2D eigenvalue weighted by atomic mass is 10.2. The molecule has 0 radical (unpaired) electrons. The first-order valence-corrected chi connectivity index (χ1v) is 7.48. The largest absolute Gasteiger partial charge is 0.456 e. The SMILES string of the molecule is Cc1cc(Oc2cncc(C#N)c2)cc(C(=O)Nc2cc(F)ccn2)n1. The molecule has 1 amide bonds. The third-order valence-corrected chi connectivity index (χ3v) is 3.20. The molecule has 0 saturated carbocycles. The normalized spacial score (nSPS) is 10.0. The summed E-state index contributed by atoms with van der Waals surface area (Å²) in [7, 11) is 0. The predicted molar refractivity (Wildman–Crippen MR) is 90.1 cm³/mol. The molecule has 0 unspecified atom stereocenters. The Hall–Kier alpha value is -3.86. The Balaban J connectivity index is 1.82. The van der Waals surface area contributed by atoms with Crippen molar-refractivity contribution in [2.45, 2.75) is 6.92 Å². The van der Waals surface area contributed by atoms with E-state index in [1.165, 1.54) is 36.8 Å². The molecule has 0 aromatic carbocycles. The van der Waals surface area contributed by atoms with E-state index in [1.807, 2.05) is 6.07 Å². The number of pyridine rings is 3. The molecule has 3 heterocycles. The number of amides is 1. The zero-order chi connectivity index (χ0) is 18.5. The third-order valence-electron chi connectivity index (χ3n) is 3.20. The van der Waals surface area contributed by atoms with Gasteiger partial charge in [-0.1, -0.05) is 0 Å². The number of hydrogen-bond acceptors (Lipinski definition) is 6. The molecule has 3 rings (SSSR count). The van der Waals surface area contributed by atoms with E-state index >= 15 is 0 Å². The Kier molecular flexibility index (Phi) is 4.80. The first-order valence-electron chi connectivity index (χ1n) is 7.48. The number of nitrogens with one attached hydrogen (secondary N) is 1. The summed E-state index contributed by atoms with van der Waals surface area (Å²) >= 11 is 0. The van der Waals surface area contributed by atoms with Crippen molar-refractivity contribution in [1.29, 1.82) is 5.26 Å². The minimum Gasteiger partial charge on any atom is -0.456 e. The number of carbonyl (C=O) groups excluding carboxylic acids is 1. The number of aromatic nitrogens is 3. The Labute approximate surface area is 148 Å². The van der Waals surface area contributed by atoms with Gasteiger partial charge >= 0.3 is 0 Å². The van der Waals surface area contributed by atoms with Crippen LogP contribution in [0.2, 0.25) is 0 Å². The number of rotatable bonds is 4. The minimum atomic E-state index is -0.555. The fourth-order valence-corrected chi connectivity index (χ4v) is 2.14. The summed E-state index contributed by atoms with van der Waals surface area (Å²) in [5.74, 6) is -0.284. The summed E-state index contributed by atoms with van der Waals surface area (Å²) in [6, 6.07) is 8.84. The van der Waals surface area contributed by atoms with Gasteiger partial charge in [0.05, 0.1) is 11.8 Å². The molecule has 8 heteroatoms. The number of aryl methyl sites for hydroxylation is 1. The molecular weight excluding hydrogens is 337 g/mol. The van der Waals surface area contributed by atoms with Crippen molar-refractivity contribution in [2.75, 3.05) is 5.32 Å². The van der Waals surface area contributed by atoms with E-state index in [9.17, 15) is 9.18 Å². The van der Waals surface area contributed by atoms with Gasteiger partial charge in [0.25, 0.3) is 5.91 Å². The van der Waals surface area contributed by atoms with Crippen LogP contribution in [0, 0.1) is 24.1 Å². The lowest BCUT2D eigenvalue weighted by molar-refractivity contribution is 0.102. The van der Waals surface area contributed by atoms with Crippen molar-refractivity contribution in [1.82, 2.24) is 15.0 Å². The molecule has 0 atom stereocenters. The number of carbonyl (C=O) groups is 1. The molecule has 1 N–H and O–H groups in total. The van der Waals surface area contributed by atoms with Crippen molar-refractivity contribution in [3.05, 3.63) is 71.7 Å². The van der Waals surface area contributed by atoms with E-state index in [-0.39, 0.29) is 11.5 Å². The highest BCUT2D eigenvalue weighted by Crippen LogP contribution is 2.23. The predicted octanol–water partition coefficient (Wildman–Crippen LogP) is 3.24. The van der Waals surface area contributed by atoms with Gasteiger partial charge in [-0.2, -0.15) is 5.26 Å². The van der Waals surface area contributed by atoms with Gasteiger partial charge in [0, 0.05) is 42.4 Å². The maximum atomic E-state index is 13.2. The molecule has 0 aliphatic carbocycles. The van der Waals surface area contributed by atoms with Crippen LogP contribution in [-0.4, -0.2) is 20.9 Å². The van der Waals surface area contributed by atoms with Gasteiger partial charge in [-0.15, -0.1) is 0 Å². The van der Waals surface area contributed by atoms with Gasteiger partial charge < -0.3 is 10.1 Å². The van der Waals surface area contributed by atoms with Crippen molar-refractivity contribution < 1.29 is 13.9 Å². The molecule has 0 saturated heterocycles. The van der Waals surface area contributed by atoms with E-state index < -0.39 is 11.7 Å². The van der Waals surface area contributed by atoms with Gasteiger partial charge in [0.2, 0.25) is 0 Å². The maximum absolute atomic E-state index is 13.2. The van der Waals surface area contributed by atoms with E-state index in [4.69, 9.17) is 10.00 Å². The van der Waals surface area contributed by atoms with Crippen LogP contribution in [0.4, 0.5) is 10.2 Å². The maximum Gasteiger partial charge on any atom is 0.275 e. The van der Waals surface area contributed by atoms with Crippen LogP contribution in [0.3, 0.4) is 0 Å². The molecule has 26 heavy (non-hydrogen) atoms. The summed E-state index contributed by atoms with van der Waals surface area (Å²) in [6.45, 7) is 1.70. The Morgan fingerprint density at radius 2 is 2.08 bits per heavy atom. The van der Waals surface area contributed by atoms with E-state index in [2.05, 4.69) is 20.3 Å². The fraction of sp³-hybridized carbons (Fsp3) is 0.0556. The average molecular weight is 349 g/mol. The van der Waals surface area contributed by atoms with Crippen molar-refractivity contribution >= 4 is 11.7 Å². The summed E-state index contributed by atoms with van der Waals surface area (Å²) in [5, 5.41) is 11.4. The van der Waals surface area contributed by atoms with Crippen LogP contribution >= 0.6 is 0 Å². The van der Waals surface area contributed by atoms with Gasteiger partial charge in [-0.05, 0) is 13.0 Å². The zero-order valence-electron chi connectivity index (χ0n) is 13.6. The topological polar surface area (TPSA) is 101 Å². The highest BCUT2D eigenvalue weighted by Gasteiger charge is 2.12. The Morgan fingerprint density at radius 3 is 2.85 bits per heavy atom. The summed E-state index contributed by atoms with van der Waals surface area (Å²) in [6.07, 6.45) is 4.11. The Morgan fingerprint density at radius 1 is 1.23 bits per heavy atom. The number of nitriles is 1. The molecule has 0 bridgehead atoms. The summed E-state index contributed by atoms with van der Waals surface area (Å²) in [4.78, 5) is 24.3. The van der Waals surface area contributed by atoms with Crippen LogP contribution in [0.1, 0.15) is 21.7 Å². The quantitative estimate of drug-likeness (QED) is 0.776. The van der Waals surface area contributed by atoms with Gasteiger partial charge in [-0.25, -0.2) is 14.4 Å². The van der Waals surface area contributed by atoms with Crippen molar-refractivity contribution in [3.63, 3.8) is 0 Å². The van der Waals surface area contributed by atoms with Crippen molar-refractivity contribution in [3.8, 4) is 17.6 Å². The second-order valence-electron chi connectivity index (χ2n) is 5.27. The molecule has 128 valence electrons. The van der Waals surface area contributed by atoms with Crippen LogP contribution in [0.15, 0.2) is 48.9 Å². The lowest BCUT2D eigenvalue weighted by Crippen LogP contribution is -2.15. The zero-order valence-corrected chi connectivity index (χ0v) is 13.6. The first-order chi connectivity index (χ1) is 12.5. The van der Waals surface area contributed by atoms with Gasteiger partial charge in [-0.3, -0.25) is 9.78 Å². The minimum absolute atomic E-state index is 0.0756. The lowest BCUT2D eigenvalue weighted by Gasteiger charge is -2.09. The molecule has 0 aliphatic rings. The number of hydrogen-bond donors (Lipinski definition) is 1. The summed E-state index contributed by atoms with van der Waals surface area (Å²) in [5.41, 5.74) is 0.975. The Bertz CT molecular complexity index is 1020. The average Bonchev–Trinajstić information content (AvgIpc) is 2.61. The highest BCUT2D eigenvalue weighted by molar-refractivity contribution is 6.02.